The van der Waals surface area contributed by atoms with Gasteiger partial charge in [-0.25, -0.2) is 0 Å². The molecule has 0 bridgehead atoms. The fourth-order valence-electron chi connectivity index (χ4n) is 3.26. The Kier molecular flexibility index (Phi) is 11.4. The van der Waals surface area contributed by atoms with Crippen LogP contribution in [0.4, 0.5) is 0 Å². The molecule has 0 saturated heterocycles. The fraction of sp³-hybridized carbons (Fsp3) is 0.440. The fourth-order valence-corrected chi connectivity index (χ4v) is 4.45. The summed E-state index contributed by atoms with van der Waals surface area (Å²) in [6.07, 6.45) is 1.33. The minimum Gasteiger partial charge on any atom is -0.497 e. The average molecular weight is 512 g/mol. The highest BCUT2D eigenvalue weighted by molar-refractivity contribution is 7.99. The number of hydrogen-bond acceptors (Lipinski definition) is 4. The van der Waals surface area contributed by atoms with Gasteiger partial charge in [-0.2, -0.15) is 0 Å². The van der Waals surface area contributed by atoms with Crippen molar-refractivity contribution < 1.29 is 14.3 Å². The number of amides is 2. The molecule has 5 nitrogen and oxygen atoms in total. The SMILES string of the molecule is CC[C@H](C)NC(=O)[C@H](CC)N(Cc1ccc(Cl)c(Cl)c1)C(=O)CSCc1ccc(OC)cc1. The van der Waals surface area contributed by atoms with Crippen molar-refractivity contribution in [3.63, 3.8) is 0 Å². The smallest absolute Gasteiger partial charge is 0.243 e. The molecule has 0 aliphatic carbocycles. The van der Waals surface area contributed by atoms with Crippen LogP contribution in [0, 0.1) is 0 Å². The third-order valence-electron chi connectivity index (χ3n) is 5.38. The maximum Gasteiger partial charge on any atom is 0.243 e. The second kappa shape index (κ2) is 13.7. The number of halogens is 2. The van der Waals surface area contributed by atoms with Gasteiger partial charge in [0.2, 0.25) is 11.8 Å². The van der Waals surface area contributed by atoms with Crippen LogP contribution in [0.25, 0.3) is 0 Å². The van der Waals surface area contributed by atoms with Crippen LogP contribution in [-0.4, -0.2) is 41.7 Å². The molecule has 0 saturated carbocycles. The molecule has 0 radical (unpaired) electrons. The van der Waals surface area contributed by atoms with E-state index in [-0.39, 0.29) is 30.2 Å². The summed E-state index contributed by atoms with van der Waals surface area (Å²) in [5.41, 5.74) is 1.93. The van der Waals surface area contributed by atoms with Gasteiger partial charge in [0, 0.05) is 18.3 Å². The summed E-state index contributed by atoms with van der Waals surface area (Å²) in [5.74, 6) is 1.52. The Morgan fingerprint density at radius 1 is 1.03 bits per heavy atom. The summed E-state index contributed by atoms with van der Waals surface area (Å²) in [4.78, 5) is 27.9. The molecular weight excluding hydrogens is 479 g/mol. The number of benzene rings is 2. The number of nitrogens with zero attached hydrogens (tertiary/aromatic N) is 1. The number of thioether (sulfide) groups is 1. The first-order chi connectivity index (χ1) is 15.8. The number of hydrogen-bond donors (Lipinski definition) is 1. The lowest BCUT2D eigenvalue weighted by atomic mass is 10.1. The molecule has 0 heterocycles. The van der Waals surface area contributed by atoms with Crippen molar-refractivity contribution in [1.29, 1.82) is 0 Å². The molecule has 0 spiro atoms. The molecule has 2 aromatic carbocycles. The molecule has 0 fully saturated rings. The maximum absolute atomic E-state index is 13.3. The lowest BCUT2D eigenvalue weighted by Gasteiger charge is -2.31. The normalized spacial score (nSPS) is 12.7. The Bertz CT molecular complexity index is 924. The van der Waals surface area contributed by atoms with E-state index >= 15 is 0 Å². The van der Waals surface area contributed by atoms with Crippen molar-refractivity contribution in [3.8, 4) is 5.75 Å². The molecular formula is C25H32Cl2N2O3S. The zero-order chi connectivity index (χ0) is 24.4. The van der Waals surface area contributed by atoms with Gasteiger partial charge in [0.05, 0.1) is 22.9 Å². The van der Waals surface area contributed by atoms with Gasteiger partial charge in [-0.3, -0.25) is 9.59 Å². The van der Waals surface area contributed by atoms with Crippen LogP contribution >= 0.6 is 35.0 Å². The quantitative estimate of drug-likeness (QED) is 0.382. The number of carbonyl (C=O) groups is 2. The van der Waals surface area contributed by atoms with Gasteiger partial charge >= 0.3 is 0 Å². The zero-order valence-electron chi connectivity index (χ0n) is 19.6. The van der Waals surface area contributed by atoms with E-state index in [9.17, 15) is 9.59 Å². The lowest BCUT2D eigenvalue weighted by Crippen LogP contribution is -2.51. The van der Waals surface area contributed by atoms with E-state index in [1.165, 1.54) is 11.8 Å². The summed E-state index contributed by atoms with van der Waals surface area (Å²) >= 11 is 13.8. The van der Waals surface area contributed by atoms with Crippen LogP contribution in [-0.2, 0) is 21.9 Å². The minimum absolute atomic E-state index is 0.0397. The first-order valence-corrected chi connectivity index (χ1v) is 12.9. The van der Waals surface area contributed by atoms with Crippen LogP contribution in [0.3, 0.4) is 0 Å². The van der Waals surface area contributed by atoms with Crippen LogP contribution in [0.5, 0.6) is 5.75 Å². The van der Waals surface area contributed by atoms with Gasteiger partial charge < -0.3 is 15.0 Å². The highest BCUT2D eigenvalue weighted by atomic mass is 35.5. The third-order valence-corrected chi connectivity index (χ3v) is 7.10. The van der Waals surface area contributed by atoms with Gasteiger partial charge in [-0.05, 0) is 55.2 Å². The van der Waals surface area contributed by atoms with Crippen LogP contribution < -0.4 is 10.1 Å². The van der Waals surface area contributed by atoms with E-state index < -0.39 is 6.04 Å². The van der Waals surface area contributed by atoms with Gasteiger partial charge in [0.1, 0.15) is 11.8 Å². The molecule has 2 amide bonds. The topological polar surface area (TPSA) is 58.6 Å². The molecule has 0 aromatic heterocycles. The van der Waals surface area contributed by atoms with Crippen molar-refractivity contribution in [3.05, 3.63) is 63.6 Å². The molecule has 2 rings (SSSR count). The third kappa shape index (κ3) is 8.43. The van der Waals surface area contributed by atoms with Crippen molar-refractivity contribution >= 4 is 46.8 Å². The van der Waals surface area contributed by atoms with Crippen LogP contribution in [0.2, 0.25) is 10.0 Å². The summed E-state index contributed by atoms with van der Waals surface area (Å²) < 4.78 is 5.19. The summed E-state index contributed by atoms with van der Waals surface area (Å²) in [6, 6.07) is 12.5. The molecule has 0 aliphatic rings. The highest BCUT2D eigenvalue weighted by Crippen LogP contribution is 2.25. The number of nitrogens with one attached hydrogen (secondary N) is 1. The average Bonchev–Trinajstić information content (AvgIpc) is 2.81. The van der Waals surface area contributed by atoms with Crippen LogP contribution in [0.15, 0.2) is 42.5 Å². The number of rotatable bonds is 12. The first-order valence-electron chi connectivity index (χ1n) is 11.0. The molecule has 2 atom stereocenters. The molecule has 2 aromatic rings. The first kappa shape index (κ1) is 27.4. The molecule has 1 N–H and O–H groups in total. The van der Waals surface area contributed by atoms with Gasteiger partial charge in [0.25, 0.3) is 0 Å². The molecule has 33 heavy (non-hydrogen) atoms. The largest absolute Gasteiger partial charge is 0.497 e. The molecule has 0 unspecified atom stereocenters. The Morgan fingerprint density at radius 2 is 1.70 bits per heavy atom. The van der Waals surface area contributed by atoms with E-state index in [0.717, 1.165) is 23.3 Å². The van der Waals surface area contributed by atoms with Crippen molar-refractivity contribution in [2.45, 2.75) is 58.0 Å². The maximum atomic E-state index is 13.3. The summed E-state index contributed by atoms with van der Waals surface area (Å²) in [5, 5.41) is 3.89. The monoisotopic (exact) mass is 510 g/mol. The van der Waals surface area contributed by atoms with Crippen molar-refractivity contribution in [1.82, 2.24) is 10.2 Å². The summed E-state index contributed by atoms with van der Waals surface area (Å²) in [6.45, 7) is 6.17. The van der Waals surface area contributed by atoms with Crippen molar-refractivity contribution in [2.24, 2.45) is 0 Å². The Morgan fingerprint density at radius 3 is 2.27 bits per heavy atom. The Hall–Kier alpha value is -1.89. The van der Waals surface area contributed by atoms with E-state index in [1.54, 1.807) is 24.1 Å². The molecule has 8 heteroatoms. The lowest BCUT2D eigenvalue weighted by molar-refractivity contribution is -0.139. The number of ether oxygens (including phenoxy) is 1. The number of methoxy groups -OCH3 is 1. The predicted octanol–water partition coefficient (Wildman–Crippen LogP) is 5.96. The summed E-state index contributed by atoms with van der Waals surface area (Å²) in [7, 11) is 1.63. The van der Waals surface area contributed by atoms with Gasteiger partial charge in [0.15, 0.2) is 0 Å². The standard InChI is InChI=1S/C25H32Cl2N2O3S/c1-5-17(3)28-25(31)23(6-2)29(14-19-9-12-21(26)22(27)13-19)24(30)16-33-15-18-7-10-20(32-4)11-8-18/h7-13,17,23H,5-6,14-16H2,1-4H3,(H,28,31)/t17-,23-/m0/s1. The Labute approximate surface area is 211 Å². The number of carbonyl (C=O) groups excluding carboxylic acids is 2. The Balaban J connectivity index is 2.15. The van der Waals surface area contributed by atoms with Gasteiger partial charge in [-0.1, -0.05) is 55.2 Å². The van der Waals surface area contributed by atoms with E-state index in [0.29, 0.717) is 22.2 Å². The van der Waals surface area contributed by atoms with Crippen molar-refractivity contribution in [2.75, 3.05) is 12.9 Å². The van der Waals surface area contributed by atoms with E-state index in [4.69, 9.17) is 27.9 Å². The second-order valence-corrected chi connectivity index (χ2v) is 9.65. The predicted molar refractivity (Wildman–Crippen MR) is 138 cm³/mol. The molecule has 180 valence electrons. The zero-order valence-corrected chi connectivity index (χ0v) is 21.9. The second-order valence-electron chi connectivity index (χ2n) is 7.85. The van der Waals surface area contributed by atoms with Crippen LogP contribution in [0.1, 0.15) is 44.7 Å². The van der Waals surface area contributed by atoms with Gasteiger partial charge in [-0.15, -0.1) is 11.8 Å². The van der Waals surface area contributed by atoms with E-state index in [2.05, 4.69) is 5.32 Å². The highest BCUT2D eigenvalue weighted by Gasteiger charge is 2.29. The minimum atomic E-state index is -0.567. The van der Waals surface area contributed by atoms with E-state index in [1.807, 2.05) is 51.1 Å². The molecule has 0 aliphatic heterocycles.